The molecule has 0 fully saturated rings. The second-order valence-corrected chi connectivity index (χ2v) is 6.38. The normalized spacial score (nSPS) is 11.6. The summed E-state index contributed by atoms with van der Waals surface area (Å²) >= 11 is 0. The summed E-state index contributed by atoms with van der Waals surface area (Å²) in [5.41, 5.74) is 0.537. The first-order chi connectivity index (χ1) is 10.5. The van der Waals surface area contributed by atoms with Crippen molar-refractivity contribution >= 4 is 13.6 Å². The highest BCUT2D eigenvalue weighted by Crippen LogP contribution is 2.51. The summed E-state index contributed by atoms with van der Waals surface area (Å²) < 4.78 is 38.4. The number of carbonyl (C=O) groups excluding carboxylic acids is 1. The van der Waals surface area contributed by atoms with Crippen LogP contribution in [0.5, 0.6) is 0 Å². The van der Waals surface area contributed by atoms with E-state index in [2.05, 4.69) is 0 Å². The van der Waals surface area contributed by atoms with Crippen molar-refractivity contribution in [2.24, 2.45) is 0 Å². The summed E-state index contributed by atoms with van der Waals surface area (Å²) in [6.45, 7) is 6.10. The van der Waals surface area contributed by atoms with E-state index in [0.717, 1.165) is 0 Å². The smallest absolute Gasteiger partial charge is 0.374 e. The van der Waals surface area contributed by atoms with Gasteiger partial charge in [-0.2, -0.15) is 0 Å². The van der Waals surface area contributed by atoms with Crippen molar-refractivity contribution in [3.63, 3.8) is 0 Å². The standard InChI is InChI=1S/C14H23O7P/c1-5-18-14(15)13-11(9-17-4)8-12(21-13)10-22(16,19-6-2)20-7-3/h8H,5-7,9-10H2,1-4H3. The van der Waals surface area contributed by atoms with Crippen molar-refractivity contribution in [3.05, 3.63) is 23.2 Å². The van der Waals surface area contributed by atoms with E-state index >= 15 is 0 Å². The predicted molar refractivity (Wildman–Crippen MR) is 79.9 cm³/mol. The minimum Gasteiger partial charge on any atom is -0.460 e. The fraction of sp³-hybridized carbons (Fsp3) is 0.643. The molecule has 1 aromatic heterocycles. The lowest BCUT2D eigenvalue weighted by Crippen LogP contribution is -2.06. The van der Waals surface area contributed by atoms with Gasteiger partial charge in [0.25, 0.3) is 0 Å². The molecule has 8 heteroatoms. The number of ether oxygens (including phenoxy) is 2. The molecule has 0 aliphatic rings. The lowest BCUT2D eigenvalue weighted by molar-refractivity contribution is 0.0481. The molecule has 0 N–H and O–H groups in total. The van der Waals surface area contributed by atoms with Crippen LogP contribution in [-0.2, 0) is 35.9 Å². The van der Waals surface area contributed by atoms with Crippen LogP contribution in [0.15, 0.2) is 10.5 Å². The molecule has 22 heavy (non-hydrogen) atoms. The molecule has 7 nitrogen and oxygen atoms in total. The number of esters is 1. The average molecular weight is 334 g/mol. The zero-order valence-electron chi connectivity index (χ0n) is 13.4. The maximum atomic E-state index is 12.5. The molecular formula is C14H23O7P. The Hall–Kier alpha value is -1.14. The number of furan rings is 1. The Kier molecular flexibility index (Phi) is 7.82. The molecule has 0 amide bonds. The minimum absolute atomic E-state index is 0.0508. The largest absolute Gasteiger partial charge is 0.460 e. The fourth-order valence-corrected chi connectivity index (χ4v) is 3.49. The van der Waals surface area contributed by atoms with Crippen LogP contribution in [-0.4, -0.2) is 32.9 Å². The average Bonchev–Trinajstić information content (AvgIpc) is 2.82. The number of methoxy groups -OCH3 is 1. The molecule has 0 unspecified atom stereocenters. The summed E-state index contributed by atoms with van der Waals surface area (Å²) in [4.78, 5) is 11.9. The summed E-state index contributed by atoms with van der Waals surface area (Å²) in [5, 5.41) is 0. The van der Waals surface area contributed by atoms with E-state index in [9.17, 15) is 9.36 Å². The van der Waals surface area contributed by atoms with E-state index in [0.29, 0.717) is 11.3 Å². The van der Waals surface area contributed by atoms with Gasteiger partial charge in [0.05, 0.1) is 26.4 Å². The topological polar surface area (TPSA) is 84.2 Å². The second-order valence-electron chi connectivity index (χ2n) is 4.33. The van der Waals surface area contributed by atoms with Gasteiger partial charge in [-0.05, 0) is 26.8 Å². The van der Waals surface area contributed by atoms with Gasteiger partial charge in [0, 0.05) is 12.7 Å². The molecule has 0 atom stereocenters. The van der Waals surface area contributed by atoms with Crippen LogP contribution in [0, 0.1) is 0 Å². The Bertz CT molecular complexity index is 513. The van der Waals surface area contributed by atoms with E-state index in [1.807, 2.05) is 0 Å². The van der Waals surface area contributed by atoms with Crippen LogP contribution in [0.4, 0.5) is 0 Å². The van der Waals surface area contributed by atoms with E-state index in [1.54, 1.807) is 26.8 Å². The van der Waals surface area contributed by atoms with Crippen LogP contribution < -0.4 is 0 Å². The summed E-state index contributed by atoms with van der Waals surface area (Å²) in [5.74, 6) is -0.193. The van der Waals surface area contributed by atoms with Gasteiger partial charge in [0.2, 0.25) is 5.76 Å². The Labute approximate surface area is 130 Å². The lowest BCUT2D eigenvalue weighted by atomic mass is 10.2. The number of rotatable bonds is 10. The summed E-state index contributed by atoms with van der Waals surface area (Å²) in [7, 11) is -1.79. The molecule has 0 spiro atoms. The quantitative estimate of drug-likeness (QED) is 0.479. The van der Waals surface area contributed by atoms with Gasteiger partial charge in [0.1, 0.15) is 11.9 Å². The van der Waals surface area contributed by atoms with Gasteiger partial charge in [0.15, 0.2) is 0 Å². The van der Waals surface area contributed by atoms with Crippen molar-refractivity contribution in [1.29, 1.82) is 0 Å². The molecule has 0 saturated heterocycles. The molecule has 0 saturated carbocycles. The van der Waals surface area contributed by atoms with Crippen molar-refractivity contribution in [2.45, 2.75) is 33.5 Å². The third-order valence-electron chi connectivity index (χ3n) is 2.62. The highest BCUT2D eigenvalue weighted by molar-refractivity contribution is 7.53. The van der Waals surface area contributed by atoms with Gasteiger partial charge in [-0.25, -0.2) is 4.79 Å². The molecule has 0 aliphatic heterocycles. The first-order valence-corrected chi connectivity index (χ1v) is 8.88. The van der Waals surface area contributed by atoms with Crippen molar-refractivity contribution < 1.29 is 32.3 Å². The van der Waals surface area contributed by atoms with Gasteiger partial charge in [-0.1, -0.05) is 0 Å². The molecule has 0 aliphatic carbocycles. The molecule has 1 aromatic rings. The van der Waals surface area contributed by atoms with Crippen molar-refractivity contribution in [1.82, 2.24) is 0 Å². The Morgan fingerprint density at radius 2 is 1.82 bits per heavy atom. The molecule has 1 heterocycles. The number of carbonyl (C=O) groups is 1. The predicted octanol–water partition coefficient (Wildman–Crippen LogP) is 3.37. The van der Waals surface area contributed by atoms with Crippen LogP contribution in [0.2, 0.25) is 0 Å². The van der Waals surface area contributed by atoms with E-state index < -0.39 is 13.6 Å². The molecule has 1 rings (SSSR count). The maximum Gasteiger partial charge on any atom is 0.374 e. The van der Waals surface area contributed by atoms with E-state index in [4.69, 9.17) is 22.9 Å². The third-order valence-corrected chi connectivity index (χ3v) is 4.62. The maximum absolute atomic E-state index is 12.5. The van der Waals surface area contributed by atoms with E-state index in [1.165, 1.54) is 7.11 Å². The van der Waals surface area contributed by atoms with Crippen LogP contribution >= 0.6 is 7.60 Å². The van der Waals surface area contributed by atoms with Gasteiger partial charge >= 0.3 is 13.6 Å². The third kappa shape index (κ3) is 5.25. The lowest BCUT2D eigenvalue weighted by Gasteiger charge is -2.15. The zero-order chi connectivity index (χ0) is 16.6. The zero-order valence-corrected chi connectivity index (χ0v) is 14.3. The summed E-state index contributed by atoms with van der Waals surface area (Å²) in [6, 6.07) is 1.61. The Morgan fingerprint density at radius 1 is 1.18 bits per heavy atom. The molecular weight excluding hydrogens is 311 g/mol. The number of hydrogen-bond acceptors (Lipinski definition) is 7. The second kappa shape index (κ2) is 9.10. The first-order valence-electron chi connectivity index (χ1n) is 7.15. The monoisotopic (exact) mass is 334 g/mol. The highest BCUT2D eigenvalue weighted by Gasteiger charge is 2.28. The van der Waals surface area contributed by atoms with Crippen molar-refractivity contribution in [2.75, 3.05) is 26.9 Å². The summed E-state index contributed by atoms with van der Waals surface area (Å²) in [6.07, 6.45) is -0.0508. The van der Waals surface area contributed by atoms with Gasteiger partial charge in [-0.15, -0.1) is 0 Å². The minimum atomic E-state index is -3.30. The molecule has 0 bridgehead atoms. The van der Waals surface area contributed by atoms with E-state index in [-0.39, 0.29) is 38.3 Å². The molecule has 126 valence electrons. The van der Waals surface area contributed by atoms with Gasteiger partial charge in [-0.3, -0.25) is 4.57 Å². The van der Waals surface area contributed by atoms with Gasteiger partial charge < -0.3 is 22.9 Å². The molecule has 0 radical (unpaired) electrons. The Morgan fingerprint density at radius 3 is 2.32 bits per heavy atom. The van der Waals surface area contributed by atoms with Crippen LogP contribution in [0.3, 0.4) is 0 Å². The fourth-order valence-electron chi connectivity index (χ4n) is 1.91. The van der Waals surface area contributed by atoms with Crippen LogP contribution in [0.1, 0.15) is 42.6 Å². The number of hydrogen-bond donors (Lipinski definition) is 0. The molecule has 0 aromatic carbocycles. The van der Waals surface area contributed by atoms with Crippen LogP contribution in [0.25, 0.3) is 0 Å². The first kappa shape index (κ1) is 18.9. The SMILES string of the molecule is CCOC(=O)c1oc(CP(=O)(OCC)OCC)cc1COC. The van der Waals surface area contributed by atoms with Crippen molar-refractivity contribution in [3.8, 4) is 0 Å². The highest BCUT2D eigenvalue weighted by atomic mass is 31.2. The Balaban J connectivity index is 3.02.